The predicted octanol–water partition coefficient (Wildman–Crippen LogP) is 4.86. The first kappa shape index (κ1) is 22.6. The Morgan fingerprint density at radius 1 is 1.13 bits per heavy atom. The molecule has 2 heterocycles. The molecule has 0 saturated heterocycles. The molecule has 0 amide bonds. The van der Waals surface area contributed by atoms with E-state index in [-0.39, 0.29) is 5.75 Å². The molecule has 1 aromatic carbocycles. The molecule has 5 nitrogen and oxygen atoms in total. The second-order valence-electron chi connectivity index (χ2n) is 6.59. The minimum Gasteiger partial charge on any atom is -0.452 e. The summed E-state index contributed by atoms with van der Waals surface area (Å²) >= 11 is 0. The summed E-state index contributed by atoms with van der Waals surface area (Å²) in [6.07, 6.45) is -12.5. The van der Waals surface area contributed by atoms with Crippen molar-refractivity contribution >= 4 is 6.02 Å². The SMILES string of the molecule is NC1=NC(CF)(c2cc(Oc3cc(C(F)(F)F)ccn3)ccc2F)CC(C(F)(F)F)O1. The summed E-state index contributed by atoms with van der Waals surface area (Å²) in [6.45, 7) is -1.56. The molecule has 0 radical (unpaired) electrons. The highest BCUT2D eigenvalue weighted by atomic mass is 19.4. The van der Waals surface area contributed by atoms with Crippen LogP contribution in [-0.4, -0.2) is 30.0 Å². The average molecular weight is 455 g/mol. The fourth-order valence-corrected chi connectivity index (χ4v) is 2.97. The van der Waals surface area contributed by atoms with E-state index in [1.54, 1.807) is 0 Å². The van der Waals surface area contributed by atoms with Crippen molar-refractivity contribution in [3.05, 3.63) is 53.5 Å². The van der Waals surface area contributed by atoms with Gasteiger partial charge in [-0.05, 0) is 24.3 Å². The lowest BCUT2D eigenvalue weighted by Gasteiger charge is -2.36. The third-order valence-corrected chi connectivity index (χ3v) is 4.42. The fourth-order valence-electron chi connectivity index (χ4n) is 2.97. The van der Waals surface area contributed by atoms with E-state index in [1.807, 2.05) is 0 Å². The van der Waals surface area contributed by atoms with Gasteiger partial charge in [-0.25, -0.2) is 18.8 Å². The number of aromatic nitrogens is 1. The standard InChI is InChI=1S/C18H13F8N3O2/c19-8-16(7-13(18(24,25)26)31-15(27)29-16)11-6-10(1-2-12(11)20)30-14-5-9(3-4-28-14)17(21,22)23/h1-6,13H,7-8H2,(H2,27,29). The van der Waals surface area contributed by atoms with E-state index in [0.29, 0.717) is 12.1 Å². The molecule has 0 spiro atoms. The molecular formula is C18H13F8N3O2. The minimum atomic E-state index is -4.94. The number of rotatable bonds is 4. The maximum atomic E-state index is 14.5. The topological polar surface area (TPSA) is 69.7 Å². The Bertz CT molecular complexity index is 993. The van der Waals surface area contributed by atoms with Crippen molar-refractivity contribution in [3.63, 3.8) is 0 Å². The average Bonchev–Trinajstić information content (AvgIpc) is 2.68. The van der Waals surface area contributed by atoms with Gasteiger partial charge in [0, 0.05) is 24.2 Å². The third kappa shape index (κ3) is 4.80. The van der Waals surface area contributed by atoms with Crippen molar-refractivity contribution in [1.82, 2.24) is 4.98 Å². The van der Waals surface area contributed by atoms with Crippen LogP contribution in [-0.2, 0) is 16.5 Å². The molecule has 0 fully saturated rings. The van der Waals surface area contributed by atoms with Crippen molar-refractivity contribution in [1.29, 1.82) is 0 Å². The number of aliphatic imine (C=N–C) groups is 1. The molecular weight excluding hydrogens is 442 g/mol. The molecule has 2 aromatic rings. The first-order valence-corrected chi connectivity index (χ1v) is 8.50. The zero-order valence-electron chi connectivity index (χ0n) is 15.3. The van der Waals surface area contributed by atoms with Crippen molar-refractivity contribution < 1.29 is 44.6 Å². The van der Waals surface area contributed by atoms with E-state index < -0.39 is 65.9 Å². The smallest absolute Gasteiger partial charge is 0.425 e. The number of hydrogen-bond acceptors (Lipinski definition) is 5. The Balaban J connectivity index is 2.00. The first-order valence-electron chi connectivity index (χ1n) is 8.50. The van der Waals surface area contributed by atoms with Gasteiger partial charge in [-0.15, -0.1) is 0 Å². The number of hydrogen-bond donors (Lipinski definition) is 1. The van der Waals surface area contributed by atoms with Crippen molar-refractivity contribution in [2.24, 2.45) is 10.7 Å². The van der Waals surface area contributed by atoms with Gasteiger partial charge >= 0.3 is 12.4 Å². The van der Waals surface area contributed by atoms with Gasteiger partial charge in [0.1, 0.15) is 23.8 Å². The van der Waals surface area contributed by atoms with Crippen LogP contribution >= 0.6 is 0 Å². The first-order chi connectivity index (χ1) is 14.3. The highest BCUT2D eigenvalue weighted by molar-refractivity contribution is 5.73. The monoisotopic (exact) mass is 455 g/mol. The van der Waals surface area contributed by atoms with Gasteiger partial charge in [-0.3, -0.25) is 0 Å². The van der Waals surface area contributed by atoms with Gasteiger partial charge in [-0.1, -0.05) is 0 Å². The molecule has 2 N–H and O–H groups in total. The van der Waals surface area contributed by atoms with Gasteiger partial charge in [-0.2, -0.15) is 26.3 Å². The lowest BCUT2D eigenvalue weighted by atomic mass is 9.84. The van der Waals surface area contributed by atoms with E-state index >= 15 is 0 Å². The van der Waals surface area contributed by atoms with Crippen molar-refractivity contribution in [3.8, 4) is 11.6 Å². The summed E-state index contributed by atoms with van der Waals surface area (Å²) in [4.78, 5) is 7.16. The molecule has 168 valence electrons. The Hall–Kier alpha value is -3.12. The van der Waals surface area contributed by atoms with E-state index in [0.717, 1.165) is 24.4 Å². The zero-order chi connectivity index (χ0) is 23.0. The van der Waals surface area contributed by atoms with E-state index in [1.165, 1.54) is 0 Å². The minimum absolute atomic E-state index is 0.306. The Morgan fingerprint density at radius 2 is 1.84 bits per heavy atom. The molecule has 13 heteroatoms. The second-order valence-corrected chi connectivity index (χ2v) is 6.59. The normalized spacial score (nSPS) is 21.9. The zero-order valence-corrected chi connectivity index (χ0v) is 15.3. The molecule has 3 rings (SSSR count). The van der Waals surface area contributed by atoms with Crippen LogP contribution in [0.5, 0.6) is 11.6 Å². The summed E-state index contributed by atoms with van der Waals surface area (Å²) in [7, 11) is 0. The number of alkyl halides is 7. The molecule has 2 atom stereocenters. The van der Waals surface area contributed by atoms with Crippen LogP contribution in [0.25, 0.3) is 0 Å². The number of ether oxygens (including phenoxy) is 2. The molecule has 1 aliphatic rings. The molecule has 31 heavy (non-hydrogen) atoms. The number of pyridine rings is 1. The number of amidine groups is 1. The van der Waals surface area contributed by atoms with E-state index in [4.69, 9.17) is 10.5 Å². The van der Waals surface area contributed by atoms with Gasteiger partial charge in [0.2, 0.25) is 5.88 Å². The van der Waals surface area contributed by atoms with E-state index in [9.17, 15) is 35.1 Å². The van der Waals surface area contributed by atoms with Crippen LogP contribution in [0.3, 0.4) is 0 Å². The summed E-state index contributed by atoms with van der Waals surface area (Å²) in [5, 5.41) is 0. The summed E-state index contributed by atoms with van der Waals surface area (Å²) in [5.41, 5.74) is 1.18. The molecule has 0 aliphatic carbocycles. The number of nitrogens with two attached hydrogens (primary N) is 1. The second kappa shape index (κ2) is 7.85. The van der Waals surface area contributed by atoms with Gasteiger partial charge < -0.3 is 15.2 Å². The van der Waals surface area contributed by atoms with Gasteiger partial charge in [0.25, 0.3) is 6.02 Å². The van der Waals surface area contributed by atoms with Crippen molar-refractivity contribution in [2.75, 3.05) is 6.67 Å². The molecule has 1 aromatic heterocycles. The number of nitrogens with zero attached hydrogens (tertiary/aromatic N) is 2. The number of benzene rings is 1. The van der Waals surface area contributed by atoms with E-state index in [2.05, 4.69) is 14.7 Å². The molecule has 0 saturated carbocycles. The van der Waals surface area contributed by atoms with Gasteiger partial charge in [0.15, 0.2) is 6.10 Å². The van der Waals surface area contributed by atoms with Gasteiger partial charge in [0.05, 0.1) is 5.56 Å². The predicted molar refractivity (Wildman–Crippen MR) is 90.5 cm³/mol. The maximum absolute atomic E-state index is 14.5. The number of halogens is 8. The van der Waals surface area contributed by atoms with Crippen LogP contribution in [0.2, 0.25) is 0 Å². The van der Waals surface area contributed by atoms with Crippen LogP contribution < -0.4 is 10.5 Å². The summed E-state index contributed by atoms with van der Waals surface area (Å²) in [5.74, 6) is -1.95. The highest BCUT2D eigenvalue weighted by Gasteiger charge is 2.52. The Kier molecular flexibility index (Phi) is 5.72. The molecule has 1 aliphatic heterocycles. The molecule has 0 bridgehead atoms. The fraction of sp³-hybridized carbons (Fsp3) is 0.333. The van der Waals surface area contributed by atoms with Crippen LogP contribution in [0.15, 0.2) is 41.5 Å². The quantitative estimate of drug-likeness (QED) is 0.669. The maximum Gasteiger partial charge on any atom is 0.425 e. The van der Waals surface area contributed by atoms with Crippen LogP contribution in [0.4, 0.5) is 35.1 Å². The Morgan fingerprint density at radius 3 is 2.45 bits per heavy atom. The van der Waals surface area contributed by atoms with Crippen molar-refractivity contribution in [2.45, 2.75) is 30.4 Å². The van der Waals surface area contributed by atoms with Crippen LogP contribution in [0, 0.1) is 5.82 Å². The highest BCUT2D eigenvalue weighted by Crippen LogP contribution is 2.42. The van der Waals surface area contributed by atoms with Crippen LogP contribution in [0.1, 0.15) is 17.5 Å². The lowest BCUT2D eigenvalue weighted by Crippen LogP contribution is -2.48. The summed E-state index contributed by atoms with van der Waals surface area (Å²) in [6, 6.07) is 2.83. The lowest BCUT2D eigenvalue weighted by molar-refractivity contribution is -0.209. The third-order valence-electron chi connectivity index (χ3n) is 4.42. The Labute approximate surface area is 169 Å². The molecule has 2 unspecified atom stereocenters. The largest absolute Gasteiger partial charge is 0.452 e. The summed E-state index contributed by atoms with van der Waals surface area (Å²) < 4.78 is 116.